The fourth-order valence-electron chi connectivity index (χ4n) is 4.64. The number of ether oxygens (including phenoxy) is 5. The van der Waals surface area contributed by atoms with Crippen LogP contribution in [0.4, 0.5) is 0 Å². The first kappa shape index (κ1) is 29.6. The van der Waals surface area contributed by atoms with Gasteiger partial charge in [0.15, 0.2) is 12.1 Å². The molecule has 2 heterocycles. The summed E-state index contributed by atoms with van der Waals surface area (Å²) < 4.78 is 59.1. The number of rotatable bonds is 11. The van der Waals surface area contributed by atoms with Crippen LogP contribution in [0.1, 0.15) is 44.2 Å². The molecular formula is C28H37NO9S. The summed E-state index contributed by atoms with van der Waals surface area (Å²) in [7, 11) is -4.20. The van der Waals surface area contributed by atoms with Gasteiger partial charge in [0.1, 0.15) is 31.0 Å². The third kappa shape index (κ3) is 7.85. The van der Waals surface area contributed by atoms with E-state index < -0.39 is 59.0 Å². The number of aryl methyl sites for hydroxylation is 1. The van der Waals surface area contributed by atoms with Crippen LogP contribution < -0.4 is 4.72 Å². The van der Waals surface area contributed by atoms with Crippen LogP contribution in [-0.4, -0.2) is 69.1 Å². The molecule has 0 spiro atoms. The second kappa shape index (κ2) is 12.9. The third-order valence-corrected chi connectivity index (χ3v) is 8.05. The fraction of sp³-hybridized carbons (Fsp3) is 0.536. The van der Waals surface area contributed by atoms with E-state index in [9.17, 15) is 18.3 Å². The summed E-state index contributed by atoms with van der Waals surface area (Å²) in [5.41, 5.74) is 1.61. The monoisotopic (exact) mass is 563 g/mol. The van der Waals surface area contributed by atoms with Crippen molar-refractivity contribution in [2.45, 2.75) is 88.0 Å². The van der Waals surface area contributed by atoms with Gasteiger partial charge in [-0.1, -0.05) is 48.0 Å². The van der Waals surface area contributed by atoms with Crippen molar-refractivity contribution in [2.24, 2.45) is 0 Å². The van der Waals surface area contributed by atoms with Crippen molar-refractivity contribution in [1.82, 2.24) is 4.72 Å². The lowest BCUT2D eigenvalue weighted by molar-refractivity contribution is -0.226. The molecule has 2 aliphatic heterocycles. The van der Waals surface area contributed by atoms with E-state index in [0.29, 0.717) is 13.0 Å². The van der Waals surface area contributed by atoms with Crippen molar-refractivity contribution >= 4 is 16.0 Å². The Labute approximate surface area is 229 Å². The topological polar surface area (TPSA) is 130 Å². The molecule has 2 aromatic rings. The maximum Gasteiger partial charge on any atom is 0.327 e. The van der Waals surface area contributed by atoms with Crippen LogP contribution in [0.15, 0.2) is 59.5 Å². The molecule has 2 fully saturated rings. The first-order chi connectivity index (χ1) is 18.6. The van der Waals surface area contributed by atoms with Gasteiger partial charge in [-0.3, -0.25) is 4.79 Å². The number of sulfonamides is 1. The third-order valence-electron chi connectivity index (χ3n) is 6.59. The highest BCUT2D eigenvalue weighted by atomic mass is 32.2. The van der Waals surface area contributed by atoms with Crippen LogP contribution in [0.5, 0.6) is 0 Å². The van der Waals surface area contributed by atoms with Crippen LogP contribution in [0.25, 0.3) is 0 Å². The molecule has 2 N–H and O–H groups in total. The van der Waals surface area contributed by atoms with Gasteiger partial charge in [-0.05, 0) is 57.7 Å². The lowest BCUT2D eigenvalue weighted by atomic mass is 10.0. The molecule has 214 valence electrons. The van der Waals surface area contributed by atoms with Crippen LogP contribution in [0, 0.1) is 6.92 Å². The quantitative estimate of drug-likeness (QED) is 0.397. The van der Waals surface area contributed by atoms with Crippen LogP contribution >= 0.6 is 0 Å². The van der Waals surface area contributed by atoms with Gasteiger partial charge >= 0.3 is 5.97 Å². The molecule has 2 aromatic carbocycles. The molecule has 0 aliphatic carbocycles. The number of esters is 1. The maximum atomic E-state index is 13.6. The highest BCUT2D eigenvalue weighted by Crippen LogP contribution is 2.34. The average molecular weight is 564 g/mol. The van der Waals surface area contributed by atoms with E-state index in [1.54, 1.807) is 38.1 Å². The van der Waals surface area contributed by atoms with Crippen molar-refractivity contribution in [3.05, 3.63) is 65.7 Å². The smallest absolute Gasteiger partial charge is 0.327 e. The number of carbonyl (C=O) groups is 1. The Balaban J connectivity index is 1.69. The molecule has 0 radical (unpaired) electrons. The molecule has 2 aliphatic rings. The highest BCUT2D eigenvalue weighted by Gasteiger charge is 2.51. The number of benzene rings is 2. The Bertz CT molecular complexity index is 1180. The van der Waals surface area contributed by atoms with Crippen LogP contribution in [0.3, 0.4) is 0 Å². The minimum atomic E-state index is -4.20. The summed E-state index contributed by atoms with van der Waals surface area (Å²) in [4.78, 5) is 13.6. The van der Waals surface area contributed by atoms with Gasteiger partial charge in [0.05, 0.1) is 11.5 Å². The SMILES string of the molecule is Cc1ccc(S(=O)(=O)N[C@@H](C(=O)OCc2ccccc2)[C@H](O[C@H]2CCCCO2)[C@@H]2OC(C)(C)O[C@H]2CO)cc1. The molecule has 39 heavy (non-hydrogen) atoms. The van der Waals surface area contributed by atoms with Crippen molar-refractivity contribution in [3.8, 4) is 0 Å². The van der Waals surface area contributed by atoms with E-state index in [0.717, 1.165) is 24.0 Å². The van der Waals surface area contributed by atoms with Crippen LogP contribution in [-0.2, 0) is 45.1 Å². The maximum absolute atomic E-state index is 13.6. The number of aliphatic hydroxyl groups excluding tert-OH is 1. The van der Waals surface area contributed by atoms with Crippen molar-refractivity contribution in [1.29, 1.82) is 0 Å². The summed E-state index contributed by atoms with van der Waals surface area (Å²) in [5, 5.41) is 10.1. The van der Waals surface area contributed by atoms with Crippen molar-refractivity contribution < 1.29 is 42.0 Å². The molecule has 11 heteroatoms. The van der Waals surface area contributed by atoms with Gasteiger partial charge in [0.25, 0.3) is 0 Å². The molecule has 0 amide bonds. The molecule has 5 atom stereocenters. The normalized spacial score (nSPS) is 24.7. The Morgan fingerprint density at radius 2 is 1.82 bits per heavy atom. The lowest BCUT2D eigenvalue weighted by Crippen LogP contribution is -2.58. The van der Waals surface area contributed by atoms with Crippen molar-refractivity contribution in [2.75, 3.05) is 13.2 Å². The number of carbonyl (C=O) groups excluding carboxylic acids is 1. The Morgan fingerprint density at radius 1 is 1.10 bits per heavy atom. The first-order valence-corrected chi connectivity index (χ1v) is 14.6. The Kier molecular flexibility index (Phi) is 9.76. The zero-order valence-corrected chi connectivity index (χ0v) is 23.3. The lowest BCUT2D eigenvalue weighted by Gasteiger charge is -2.35. The molecular weight excluding hydrogens is 526 g/mol. The van der Waals surface area contributed by atoms with Gasteiger partial charge in [-0.2, -0.15) is 4.72 Å². The number of nitrogens with one attached hydrogen (secondary N) is 1. The van der Waals surface area contributed by atoms with Gasteiger partial charge in [0, 0.05) is 6.61 Å². The first-order valence-electron chi connectivity index (χ1n) is 13.1. The predicted octanol–water partition coefficient (Wildman–Crippen LogP) is 2.81. The predicted molar refractivity (Wildman–Crippen MR) is 141 cm³/mol. The molecule has 0 bridgehead atoms. The van der Waals surface area contributed by atoms with Gasteiger partial charge in [0.2, 0.25) is 10.0 Å². The van der Waals surface area contributed by atoms with Gasteiger partial charge in [-0.25, -0.2) is 8.42 Å². The van der Waals surface area contributed by atoms with E-state index >= 15 is 0 Å². The van der Waals surface area contributed by atoms with E-state index in [-0.39, 0.29) is 11.5 Å². The molecule has 0 unspecified atom stereocenters. The van der Waals surface area contributed by atoms with Crippen molar-refractivity contribution in [3.63, 3.8) is 0 Å². The zero-order valence-electron chi connectivity index (χ0n) is 22.4. The van der Waals surface area contributed by atoms with Gasteiger partial charge < -0.3 is 28.8 Å². The summed E-state index contributed by atoms with van der Waals surface area (Å²) in [6.45, 7) is 5.14. The molecule has 0 aromatic heterocycles. The average Bonchev–Trinajstić information content (AvgIpc) is 3.25. The van der Waals surface area contributed by atoms with Gasteiger partial charge in [-0.15, -0.1) is 0 Å². The second-order valence-corrected chi connectivity index (χ2v) is 11.9. The summed E-state index contributed by atoms with van der Waals surface area (Å²) in [5.74, 6) is -1.97. The molecule has 2 saturated heterocycles. The molecule has 4 rings (SSSR count). The molecule has 0 saturated carbocycles. The van der Waals surface area contributed by atoms with E-state index in [1.807, 2.05) is 25.1 Å². The largest absolute Gasteiger partial charge is 0.460 e. The minimum absolute atomic E-state index is 0.0238. The summed E-state index contributed by atoms with van der Waals surface area (Å²) in [6, 6.07) is 13.8. The molecule has 10 nitrogen and oxygen atoms in total. The fourth-order valence-corrected chi connectivity index (χ4v) is 5.84. The second-order valence-electron chi connectivity index (χ2n) is 10.2. The standard InChI is InChI=1S/C28H37NO9S/c1-19-12-14-21(15-13-19)39(32,33)29-24(27(31)35-18-20-9-5-4-6-10-20)26(36-23-11-7-8-16-34-23)25-22(17-30)37-28(2,3)38-25/h4-6,9-10,12-15,22-26,29-30H,7-8,11,16-18H2,1-3H3/t22-,23-,24+,25+,26-/m0/s1. The summed E-state index contributed by atoms with van der Waals surface area (Å²) >= 11 is 0. The number of hydrogen-bond acceptors (Lipinski definition) is 9. The number of aliphatic hydroxyl groups is 1. The van der Waals surface area contributed by atoms with E-state index in [1.165, 1.54) is 12.1 Å². The minimum Gasteiger partial charge on any atom is -0.460 e. The van der Waals surface area contributed by atoms with E-state index in [2.05, 4.69) is 4.72 Å². The number of hydrogen-bond donors (Lipinski definition) is 2. The van der Waals surface area contributed by atoms with E-state index in [4.69, 9.17) is 23.7 Å². The van der Waals surface area contributed by atoms with Crippen LogP contribution in [0.2, 0.25) is 0 Å². The summed E-state index contributed by atoms with van der Waals surface area (Å²) in [6.07, 6.45) is -1.59. The highest BCUT2D eigenvalue weighted by molar-refractivity contribution is 7.89. The zero-order chi connectivity index (χ0) is 28.0. The Hall–Kier alpha value is -2.38. The Morgan fingerprint density at radius 3 is 2.46 bits per heavy atom.